The van der Waals surface area contributed by atoms with Gasteiger partial charge in [-0.25, -0.2) is 4.98 Å². The van der Waals surface area contributed by atoms with Crippen molar-refractivity contribution in [3.05, 3.63) is 53.2 Å². The Bertz CT molecular complexity index is 997. The zero-order chi connectivity index (χ0) is 24.0. The molecule has 2 heterocycles. The van der Waals surface area contributed by atoms with Crippen LogP contribution >= 0.6 is 0 Å². The number of benzene rings is 1. The van der Waals surface area contributed by atoms with E-state index in [1.165, 1.54) is 0 Å². The molecule has 7 nitrogen and oxygen atoms in total. The fourth-order valence-corrected chi connectivity index (χ4v) is 3.76. The molecule has 3 rings (SSSR count). The van der Waals surface area contributed by atoms with Crippen LogP contribution in [0.4, 0.5) is 19.0 Å². The predicted octanol–water partition coefficient (Wildman–Crippen LogP) is 3.81. The number of aryl methyl sites for hydroxylation is 1. The molecule has 2 N–H and O–H groups in total. The third-order valence-corrected chi connectivity index (χ3v) is 5.27. The van der Waals surface area contributed by atoms with Crippen LogP contribution in [0, 0.1) is 12.8 Å². The van der Waals surface area contributed by atoms with Crippen LogP contribution in [-0.4, -0.2) is 52.7 Å². The highest BCUT2D eigenvalue weighted by atomic mass is 19.4. The Balaban J connectivity index is 1.64. The number of rotatable bonds is 9. The van der Waals surface area contributed by atoms with Crippen molar-refractivity contribution in [1.82, 2.24) is 9.88 Å². The van der Waals surface area contributed by atoms with E-state index in [1.54, 1.807) is 24.4 Å². The van der Waals surface area contributed by atoms with Crippen molar-refractivity contribution in [2.24, 2.45) is 5.92 Å². The minimum atomic E-state index is -4.58. The van der Waals surface area contributed by atoms with Crippen LogP contribution in [0.25, 0.3) is 0 Å². The van der Waals surface area contributed by atoms with E-state index in [9.17, 15) is 22.8 Å². The van der Waals surface area contributed by atoms with Gasteiger partial charge in [-0.2, -0.15) is 13.2 Å². The molecule has 0 fully saturated rings. The normalized spacial score (nSPS) is 16.2. The summed E-state index contributed by atoms with van der Waals surface area (Å²) >= 11 is 0. The van der Waals surface area contributed by atoms with Gasteiger partial charge >= 0.3 is 12.1 Å². The number of amides is 1. The second-order valence-corrected chi connectivity index (χ2v) is 8.09. The highest BCUT2D eigenvalue weighted by Gasteiger charge is 2.38. The maximum Gasteiger partial charge on any atom is 0.406 e. The first-order valence-electron chi connectivity index (χ1n) is 10.6. The molecule has 0 spiro atoms. The summed E-state index contributed by atoms with van der Waals surface area (Å²) in [5.74, 6) is -1.81. The Morgan fingerprint density at radius 1 is 1.27 bits per heavy atom. The van der Waals surface area contributed by atoms with E-state index in [4.69, 9.17) is 9.84 Å². The van der Waals surface area contributed by atoms with Gasteiger partial charge in [-0.05, 0) is 60.7 Å². The number of alkyl halides is 3. The lowest BCUT2D eigenvalue weighted by atomic mass is 9.94. The first kappa shape index (κ1) is 24.3. The number of nitrogens with one attached hydrogen (secondary N) is 1. The minimum absolute atomic E-state index is 0.0719. The summed E-state index contributed by atoms with van der Waals surface area (Å²) in [4.78, 5) is 28.6. The average Bonchev–Trinajstić information content (AvgIpc) is 2.83. The van der Waals surface area contributed by atoms with Crippen molar-refractivity contribution in [2.45, 2.75) is 38.9 Å². The summed E-state index contributed by atoms with van der Waals surface area (Å²) in [6.45, 7) is 1.31. The van der Waals surface area contributed by atoms with Gasteiger partial charge in [0.25, 0.3) is 0 Å². The molecule has 0 saturated heterocycles. The number of carboxylic acids is 1. The van der Waals surface area contributed by atoms with Crippen LogP contribution in [0.2, 0.25) is 0 Å². The smallest absolute Gasteiger partial charge is 0.406 e. The number of carbonyl (C=O) groups excluding carboxylic acids is 1. The second-order valence-electron chi connectivity index (χ2n) is 8.09. The second kappa shape index (κ2) is 10.5. The summed E-state index contributed by atoms with van der Waals surface area (Å²) in [7, 11) is 0. The molecule has 10 heteroatoms. The molecule has 2 aromatic rings. The van der Waals surface area contributed by atoms with Gasteiger partial charge in [0.2, 0.25) is 5.91 Å². The minimum Gasteiger partial charge on any atom is -0.494 e. The summed E-state index contributed by atoms with van der Waals surface area (Å²) in [5, 5.41) is 12.3. The molecule has 1 atom stereocenters. The number of aromatic nitrogens is 1. The van der Waals surface area contributed by atoms with Gasteiger partial charge in [-0.1, -0.05) is 6.07 Å². The van der Waals surface area contributed by atoms with E-state index in [0.717, 1.165) is 11.4 Å². The lowest BCUT2D eigenvalue weighted by Gasteiger charge is -2.25. The van der Waals surface area contributed by atoms with Crippen molar-refractivity contribution < 1.29 is 32.6 Å². The number of fused-ring (bicyclic) bond motifs is 1. The molecule has 0 radical (unpaired) electrons. The molecule has 0 bridgehead atoms. The maximum atomic E-state index is 13.0. The van der Waals surface area contributed by atoms with Crippen molar-refractivity contribution in [2.75, 3.05) is 25.0 Å². The van der Waals surface area contributed by atoms with Gasteiger partial charge in [-0.15, -0.1) is 0 Å². The molecule has 33 heavy (non-hydrogen) atoms. The number of hydrogen-bond donors (Lipinski definition) is 2. The fourth-order valence-electron chi connectivity index (χ4n) is 3.76. The van der Waals surface area contributed by atoms with E-state index in [1.807, 2.05) is 19.1 Å². The summed E-state index contributed by atoms with van der Waals surface area (Å²) in [6, 6.07) is 8.85. The van der Waals surface area contributed by atoms with Crippen LogP contribution in [-0.2, 0) is 22.6 Å². The fraction of sp³-hybridized carbons (Fsp3) is 0.435. The van der Waals surface area contributed by atoms with E-state index in [0.29, 0.717) is 41.3 Å². The number of carbonyl (C=O) groups is 2. The Morgan fingerprint density at radius 3 is 2.76 bits per heavy atom. The zero-order valence-electron chi connectivity index (χ0n) is 18.2. The molecular weight excluding hydrogens is 439 g/mol. The summed E-state index contributed by atoms with van der Waals surface area (Å²) in [5.41, 5.74) is 2.27. The quantitative estimate of drug-likeness (QED) is 0.548. The van der Waals surface area contributed by atoms with Gasteiger partial charge < -0.3 is 20.1 Å². The monoisotopic (exact) mass is 465 g/mol. The summed E-state index contributed by atoms with van der Waals surface area (Å²) < 4.78 is 44.8. The maximum absolute atomic E-state index is 13.0. The van der Waals surface area contributed by atoms with Gasteiger partial charge in [0.15, 0.2) is 0 Å². The first-order chi connectivity index (χ1) is 15.6. The third kappa shape index (κ3) is 7.37. The standard InChI is InChI=1S/C23H26F3N3O4/c1-15-5-7-28-20(9-15)27-6-2-8-33-19-4-3-16-10-17(12-21(30)31)22(32)29(13-18(16)11-19)14-23(24,25)26/h3-5,7,9,11,17H,2,6,8,10,12-14H2,1H3,(H,27,28)(H,30,31). The lowest BCUT2D eigenvalue weighted by Crippen LogP contribution is -2.41. The number of aliphatic carboxylic acids is 1. The van der Waals surface area contributed by atoms with E-state index in [-0.39, 0.29) is 13.0 Å². The molecule has 1 amide bonds. The van der Waals surface area contributed by atoms with Crippen molar-refractivity contribution in [1.29, 1.82) is 0 Å². The average molecular weight is 465 g/mol. The van der Waals surface area contributed by atoms with Crippen LogP contribution in [0.1, 0.15) is 29.5 Å². The topological polar surface area (TPSA) is 91.8 Å². The molecular formula is C23H26F3N3O4. The number of pyridine rings is 1. The number of ether oxygens (including phenoxy) is 1. The van der Waals surface area contributed by atoms with E-state index < -0.39 is 36.9 Å². The SMILES string of the molecule is Cc1ccnc(NCCCOc2ccc3c(c2)CN(CC(F)(F)F)C(=O)C(CC(=O)O)C3)c1. The zero-order valence-corrected chi connectivity index (χ0v) is 18.2. The summed E-state index contributed by atoms with van der Waals surface area (Å²) in [6.07, 6.45) is -2.64. The highest BCUT2D eigenvalue weighted by Crippen LogP contribution is 2.30. The number of hydrogen-bond acceptors (Lipinski definition) is 5. The lowest BCUT2D eigenvalue weighted by molar-refractivity contribution is -0.165. The molecule has 1 aromatic heterocycles. The predicted molar refractivity (Wildman–Crippen MR) is 115 cm³/mol. The Morgan fingerprint density at radius 2 is 2.06 bits per heavy atom. The Hall–Kier alpha value is -3.30. The Labute approximate surface area is 189 Å². The van der Waals surface area contributed by atoms with E-state index >= 15 is 0 Å². The van der Waals surface area contributed by atoms with Crippen molar-refractivity contribution in [3.63, 3.8) is 0 Å². The highest BCUT2D eigenvalue weighted by molar-refractivity contribution is 5.84. The number of halogens is 3. The largest absolute Gasteiger partial charge is 0.494 e. The van der Waals surface area contributed by atoms with Gasteiger partial charge in [0, 0.05) is 19.3 Å². The first-order valence-corrected chi connectivity index (χ1v) is 10.6. The Kier molecular flexibility index (Phi) is 7.78. The van der Waals surface area contributed by atoms with Gasteiger partial charge in [0.1, 0.15) is 18.1 Å². The number of nitrogens with zero attached hydrogens (tertiary/aromatic N) is 2. The molecule has 178 valence electrons. The molecule has 1 aromatic carbocycles. The number of carboxylic acid groups (broad SMARTS) is 1. The van der Waals surface area contributed by atoms with Crippen molar-refractivity contribution in [3.8, 4) is 5.75 Å². The van der Waals surface area contributed by atoms with Crippen molar-refractivity contribution >= 4 is 17.7 Å². The molecule has 1 aliphatic rings. The molecule has 0 saturated carbocycles. The molecule has 1 aliphatic heterocycles. The number of anilines is 1. The molecule has 1 unspecified atom stereocenters. The van der Waals surface area contributed by atoms with Crippen LogP contribution in [0.15, 0.2) is 36.5 Å². The van der Waals surface area contributed by atoms with Crippen LogP contribution in [0.5, 0.6) is 5.75 Å². The van der Waals surface area contributed by atoms with Gasteiger partial charge in [0.05, 0.1) is 18.9 Å². The third-order valence-electron chi connectivity index (χ3n) is 5.27. The van der Waals surface area contributed by atoms with Gasteiger partial charge in [-0.3, -0.25) is 9.59 Å². The molecule has 0 aliphatic carbocycles. The van der Waals surface area contributed by atoms with Crippen LogP contribution < -0.4 is 10.1 Å². The van der Waals surface area contributed by atoms with Crippen LogP contribution in [0.3, 0.4) is 0 Å². The van der Waals surface area contributed by atoms with E-state index in [2.05, 4.69) is 10.3 Å².